The summed E-state index contributed by atoms with van der Waals surface area (Å²) in [5.41, 5.74) is 1.66. The van der Waals surface area contributed by atoms with Crippen molar-refractivity contribution in [3.05, 3.63) is 35.4 Å². The third kappa shape index (κ3) is 2.04. The van der Waals surface area contributed by atoms with Gasteiger partial charge in [-0.3, -0.25) is 9.59 Å². The molecule has 2 aliphatic heterocycles. The zero-order chi connectivity index (χ0) is 14.4. The average Bonchev–Trinajstić information content (AvgIpc) is 2.98. The lowest BCUT2D eigenvalue weighted by Crippen LogP contribution is -2.74. The van der Waals surface area contributed by atoms with Gasteiger partial charge in [0.2, 0.25) is 5.91 Å². The number of hydrogen-bond acceptors (Lipinski definition) is 2. The van der Waals surface area contributed by atoms with E-state index in [1.165, 1.54) is 12.8 Å². The highest BCUT2D eigenvalue weighted by Gasteiger charge is 2.49. The van der Waals surface area contributed by atoms with Crippen LogP contribution in [0.15, 0.2) is 24.3 Å². The highest BCUT2D eigenvalue weighted by atomic mass is 16.2. The molecule has 2 heterocycles. The lowest BCUT2D eigenvalue weighted by atomic mass is 9.78. The third-order valence-electron chi connectivity index (χ3n) is 5.17. The average molecular weight is 284 g/mol. The van der Waals surface area contributed by atoms with Gasteiger partial charge in [0.15, 0.2) is 0 Å². The van der Waals surface area contributed by atoms with Crippen molar-refractivity contribution < 1.29 is 9.59 Å². The molecule has 1 spiro atoms. The predicted molar refractivity (Wildman–Crippen MR) is 78.9 cm³/mol. The number of hydrogen-bond donors (Lipinski definition) is 1. The van der Waals surface area contributed by atoms with E-state index < -0.39 is 0 Å². The number of carbonyl (C=O) groups excluding carboxylic acids is 2. The highest BCUT2D eigenvalue weighted by molar-refractivity contribution is 5.98. The van der Waals surface area contributed by atoms with E-state index >= 15 is 0 Å². The summed E-state index contributed by atoms with van der Waals surface area (Å²) in [5, 5.41) is 3.13. The van der Waals surface area contributed by atoms with Gasteiger partial charge in [0.1, 0.15) is 0 Å². The number of benzene rings is 1. The molecule has 0 unspecified atom stereocenters. The monoisotopic (exact) mass is 284 g/mol. The first-order valence-electron chi connectivity index (χ1n) is 7.86. The molecule has 2 amide bonds. The second kappa shape index (κ2) is 4.58. The number of nitrogens with zero attached hydrogens (tertiary/aromatic N) is 1. The van der Waals surface area contributed by atoms with Gasteiger partial charge in [-0.05, 0) is 30.9 Å². The smallest absolute Gasteiger partial charge is 0.252 e. The van der Waals surface area contributed by atoms with E-state index in [1.54, 1.807) is 0 Å². The minimum atomic E-state index is -0.223. The summed E-state index contributed by atoms with van der Waals surface area (Å²) >= 11 is 0. The van der Waals surface area contributed by atoms with Gasteiger partial charge < -0.3 is 10.2 Å². The molecule has 1 aromatic rings. The van der Waals surface area contributed by atoms with Crippen LogP contribution in [0.1, 0.15) is 41.6 Å². The van der Waals surface area contributed by atoms with Crippen molar-refractivity contribution >= 4 is 11.8 Å². The largest absolute Gasteiger partial charge is 0.343 e. The van der Waals surface area contributed by atoms with Crippen molar-refractivity contribution in [3.63, 3.8) is 0 Å². The fraction of sp³-hybridized carbons (Fsp3) is 0.529. The second-order valence-corrected chi connectivity index (χ2v) is 6.74. The Bertz CT molecular complexity index is 599. The van der Waals surface area contributed by atoms with E-state index in [1.807, 2.05) is 29.2 Å². The van der Waals surface area contributed by atoms with Gasteiger partial charge in [0.25, 0.3) is 5.91 Å². The van der Waals surface area contributed by atoms with Gasteiger partial charge in [0, 0.05) is 24.6 Å². The maximum absolute atomic E-state index is 12.4. The Balaban J connectivity index is 1.47. The predicted octanol–water partition coefficient (Wildman–Crippen LogP) is 1.74. The van der Waals surface area contributed by atoms with Crippen LogP contribution >= 0.6 is 0 Å². The van der Waals surface area contributed by atoms with Crippen LogP contribution in [0, 0.1) is 5.92 Å². The zero-order valence-corrected chi connectivity index (χ0v) is 12.1. The summed E-state index contributed by atoms with van der Waals surface area (Å²) in [5.74, 6) is 0.532. The van der Waals surface area contributed by atoms with Crippen LogP contribution in [0.5, 0.6) is 0 Å². The van der Waals surface area contributed by atoms with Crippen LogP contribution in [0.2, 0.25) is 0 Å². The van der Waals surface area contributed by atoms with Gasteiger partial charge in [-0.2, -0.15) is 0 Å². The number of fused-ring (bicyclic) bond motifs is 1. The van der Waals surface area contributed by atoms with Gasteiger partial charge >= 0.3 is 0 Å². The van der Waals surface area contributed by atoms with Crippen LogP contribution in [0.3, 0.4) is 0 Å². The number of carbonyl (C=O) groups is 2. The second-order valence-electron chi connectivity index (χ2n) is 6.74. The summed E-state index contributed by atoms with van der Waals surface area (Å²) in [7, 11) is 0. The lowest BCUT2D eigenvalue weighted by Gasteiger charge is -2.53. The highest BCUT2D eigenvalue weighted by Crippen LogP contribution is 2.34. The van der Waals surface area contributed by atoms with E-state index in [-0.39, 0.29) is 17.4 Å². The summed E-state index contributed by atoms with van der Waals surface area (Å²) in [6, 6.07) is 7.77. The summed E-state index contributed by atoms with van der Waals surface area (Å²) in [6.45, 7) is 1.34. The van der Waals surface area contributed by atoms with E-state index in [4.69, 9.17) is 0 Å². The number of amides is 2. The third-order valence-corrected chi connectivity index (χ3v) is 5.17. The van der Waals surface area contributed by atoms with Crippen molar-refractivity contribution in [2.45, 2.75) is 37.6 Å². The number of likely N-dealkylation sites (tertiary alicyclic amines) is 1. The van der Waals surface area contributed by atoms with Crippen molar-refractivity contribution in [2.75, 3.05) is 13.1 Å². The first-order valence-corrected chi connectivity index (χ1v) is 7.86. The molecule has 4 heteroatoms. The molecule has 2 fully saturated rings. The molecule has 4 rings (SSSR count). The number of nitrogens with one attached hydrogen (secondary N) is 1. The summed E-state index contributed by atoms with van der Waals surface area (Å²) in [6.07, 6.45) is 5.28. The first-order chi connectivity index (χ1) is 10.2. The minimum absolute atomic E-state index is 0.00446. The Kier molecular flexibility index (Phi) is 2.81. The molecule has 1 saturated heterocycles. The zero-order valence-electron chi connectivity index (χ0n) is 12.1. The molecule has 0 bridgehead atoms. The van der Waals surface area contributed by atoms with Crippen LogP contribution in [-0.2, 0) is 11.2 Å². The maximum Gasteiger partial charge on any atom is 0.252 e. The molecule has 1 saturated carbocycles. The Morgan fingerprint density at radius 1 is 1.19 bits per heavy atom. The summed E-state index contributed by atoms with van der Waals surface area (Å²) < 4.78 is 0. The molecule has 1 aliphatic carbocycles. The topological polar surface area (TPSA) is 49.4 Å². The quantitative estimate of drug-likeness (QED) is 0.854. The van der Waals surface area contributed by atoms with Gasteiger partial charge in [-0.15, -0.1) is 0 Å². The molecule has 1 aromatic carbocycles. The molecular weight excluding hydrogens is 264 g/mol. The minimum Gasteiger partial charge on any atom is -0.343 e. The molecule has 4 nitrogen and oxygen atoms in total. The van der Waals surface area contributed by atoms with Crippen molar-refractivity contribution in [1.82, 2.24) is 10.2 Å². The SMILES string of the molecule is O=C1NC2(Cc3ccccc31)CN(C(=O)C1CCCC1)C2. The Hall–Kier alpha value is -1.84. The standard InChI is InChI=1S/C17H20N2O2/c20-15-14-8-4-3-7-13(14)9-17(18-15)10-19(11-17)16(21)12-5-1-2-6-12/h3-4,7-8,12H,1-2,5-6,9-11H2,(H,18,20). The lowest BCUT2D eigenvalue weighted by molar-refractivity contribution is -0.144. The number of rotatable bonds is 1. The molecule has 110 valence electrons. The van der Waals surface area contributed by atoms with E-state index in [0.29, 0.717) is 19.0 Å². The van der Waals surface area contributed by atoms with E-state index in [2.05, 4.69) is 5.32 Å². The Morgan fingerprint density at radius 2 is 1.90 bits per heavy atom. The van der Waals surface area contributed by atoms with E-state index in [9.17, 15) is 9.59 Å². The van der Waals surface area contributed by atoms with Gasteiger partial charge in [-0.1, -0.05) is 31.0 Å². The normalized spacial score (nSPS) is 23.6. The van der Waals surface area contributed by atoms with Crippen LogP contribution in [0.25, 0.3) is 0 Å². The fourth-order valence-corrected chi connectivity index (χ4v) is 4.07. The summed E-state index contributed by atoms with van der Waals surface area (Å²) in [4.78, 5) is 26.5. The van der Waals surface area contributed by atoms with Crippen molar-refractivity contribution in [3.8, 4) is 0 Å². The van der Waals surface area contributed by atoms with E-state index in [0.717, 1.165) is 30.4 Å². The van der Waals surface area contributed by atoms with Gasteiger partial charge in [0.05, 0.1) is 5.54 Å². The van der Waals surface area contributed by atoms with Gasteiger partial charge in [-0.25, -0.2) is 0 Å². The first kappa shape index (κ1) is 12.9. The molecular formula is C17H20N2O2. The van der Waals surface area contributed by atoms with Crippen molar-refractivity contribution in [2.24, 2.45) is 5.92 Å². The molecule has 0 radical (unpaired) electrons. The Morgan fingerprint density at radius 3 is 2.67 bits per heavy atom. The van der Waals surface area contributed by atoms with Crippen LogP contribution in [0.4, 0.5) is 0 Å². The maximum atomic E-state index is 12.4. The Labute approximate surface area is 124 Å². The van der Waals surface area contributed by atoms with Crippen molar-refractivity contribution in [1.29, 1.82) is 0 Å². The van der Waals surface area contributed by atoms with Crippen LogP contribution in [-0.4, -0.2) is 35.3 Å². The molecule has 0 aromatic heterocycles. The molecule has 3 aliphatic rings. The molecule has 1 N–H and O–H groups in total. The molecule has 0 atom stereocenters. The fourth-order valence-electron chi connectivity index (χ4n) is 4.07. The van der Waals surface area contributed by atoms with Crippen LogP contribution < -0.4 is 5.32 Å². The molecule has 21 heavy (non-hydrogen) atoms.